The maximum atomic E-state index is 12.3. The van der Waals surface area contributed by atoms with Gasteiger partial charge in [-0.05, 0) is 24.0 Å². The minimum atomic E-state index is -0.112. The lowest BCUT2D eigenvalue weighted by molar-refractivity contribution is -0.123. The summed E-state index contributed by atoms with van der Waals surface area (Å²) in [7, 11) is 0. The van der Waals surface area contributed by atoms with Gasteiger partial charge in [0.05, 0.1) is 12.5 Å². The third kappa shape index (κ3) is 2.51. The second kappa shape index (κ2) is 4.94. The Morgan fingerprint density at radius 2 is 2.21 bits per heavy atom. The van der Waals surface area contributed by atoms with Crippen LogP contribution in [0.4, 0.5) is 0 Å². The van der Waals surface area contributed by atoms with Gasteiger partial charge in [0, 0.05) is 25.0 Å². The number of benzene rings is 1. The van der Waals surface area contributed by atoms with E-state index in [4.69, 9.17) is 0 Å². The summed E-state index contributed by atoms with van der Waals surface area (Å²) in [4.78, 5) is 12.3. The Morgan fingerprint density at radius 1 is 1.42 bits per heavy atom. The zero-order chi connectivity index (χ0) is 13.3. The topological polar surface area (TPSA) is 61.4 Å². The lowest BCUT2D eigenvalue weighted by Gasteiger charge is -2.26. The number of hydrogen-bond acceptors (Lipinski definition) is 3. The molecule has 0 bridgehead atoms. The number of amides is 1. The predicted molar refractivity (Wildman–Crippen MR) is 72.7 cm³/mol. The largest absolute Gasteiger partial charge is 0.396 e. The summed E-state index contributed by atoms with van der Waals surface area (Å²) in [6.07, 6.45) is 2.03. The highest BCUT2D eigenvalue weighted by Crippen LogP contribution is 2.44. The van der Waals surface area contributed by atoms with Crippen LogP contribution in [0.1, 0.15) is 29.9 Å². The summed E-state index contributed by atoms with van der Waals surface area (Å²) in [5.41, 5.74) is 2.31. The number of aliphatic hydroxyl groups excluding tert-OH is 1. The highest BCUT2D eigenvalue weighted by atomic mass is 16.3. The number of fused-ring (bicyclic) bond motifs is 1. The summed E-state index contributed by atoms with van der Waals surface area (Å²) in [5, 5.41) is 15.6. The first-order valence-corrected chi connectivity index (χ1v) is 6.91. The highest BCUT2D eigenvalue weighted by Gasteiger charge is 2.42. The highest BCUT2D eigenvalue weighted by molar-refractivity contribution is 5.84. The van der Waals surface area contributed by atoms with Gasteiger partial charge in [-0.3, -0.25) is 4.79 Å². The van der Waals surface area contributed by atoms with Crippen LogP contribution in [0.5, 0.6) is 0 Å². The van der Waals surface area contributed by atoms with Crippen LogP contribution in [-0.4, -0.2) is 30.7 Å². The van der Waals surface area contributed by atoms with Gasteiger partial charge in [0.15, 0.2) is 0 Å². The molecule has 1 atom stereocenters. The van der Waals surface area contributed by atoms with Crippen molar-refractivity contribution in [1.82, 2.24) is 10.6 Å². The molecule has 1 heterocycles. The van der Waals surface area contributed by atoms with Gasteiger partial charge in [0.1, 0.15) is 0 Å². The number of carbonyl (C=O) groups is 1. The van der Waals surface area contributed by atoms with Gasteiger partial charge in [0.25, 0.3) is 0 Å². The summed E-state index contributed by atoms with van der Waals surface area (Å²) >= 11 is 0. The van der Waals surface area contributed by atoms with Crippen molar-refractivity contribution >= 4 is 5.91 Å². The molecule has 1 aliphatic heterocycles. The fourth-order valence-corrected chi connectivity index (χ4v) is 2.70. The van der Waals surface area contributed by atoms with E-state index < -0.39 is 0 Å². The van der Waals surface area contributed by atoms with Crippen molar-refractivity contribution < 1.29 is 9.90 Å². The Morgan fingerprint density at radius 3 is 2.95 bits per heavy atom. The minimum Gasteiger partial charge on any atom is -0.396 e. The first-order valence-electron chi connectivity index (χ1n) is 6.91. The van der Waals surface area contributed by atoms with Gasteiger partial charge in [-0.15, -0.1) is 0 Å². The van der Waals surface area contributed by atoms with Gasteiger partial charge in [-0.25, -0.2) is 0 Å². The molecular weight excluding hydrogens is 240 g/mol. The molecule has 1 saturated carbocycles. The van der Waals surface area contributed by atoms with Gasteiger partial charge in [0.2, 0.25) is 5.91 Å². The molecule has 0 saturated heterocycles. The Labute approximate surface area is 113 Å². The standard InChI is InChI=1S/C15H20N2O2/c18-10-15(5-6-15)9-17-14(19)13-8-16-7-11-3-1-2-4-12(11)13/h1-4,13,16,18H,5-10H2,(H,17,19). The lowest BCUT2D eigenvalue weighted by atomic mass is 9.90. The molecule has 19 heavy (non-hydrogen) atoms. The molecule has 4 heteroatoms. The molecule has 1 amide bonds. The molecule has 102 valence electrons. The van der Waals surface area contributed by atoms with E-state index in [9.17, 15) is 9.90 Å². The average Bonchev–Trinajstić information content (AvgIpc) is 3.25. The molecule has 1 fully saturated rings. The van der Waals surface area contributed by atoms with Crippen LogP contribution in [0.25, 0.3) is 0 Å². The number of carbonyl (C=O) groups excluding carboxylic acids is 1. The molecule has 1 aromatic rings. The molecule has 3 N–H and O–H groups in total. The molecule has 4 nitrogen and oxygen atoms in total. The summed E-state index contributed by atoms with van der Waals surface area (Å²) in [5.74, 6) is -0.0428. The second-order valence-electron chi connectivity index (χ2n) is 5.76. The fourth-order valence-electron chi connectivity index (χ4n) is 2.70. The molecular formula is C15H20N2O2. The van der Waals surface area contributed by atoms with Gasteiger partial charge in [-0.2, -0.15) is 0 Å². The van der Waals surface area contributed by atoms with E-state index in [1.165, 1.54) is 5.56 Å². The van der Waals surface area contributed by atoms with E-state index in [0.29, 0.717) is 13.1 Å². The van der Waals surface area contributed by atoms with Crippen molar-refractivity contribution in [1.29, 1.82) is 0 Å². The average molecular weight is 260 g/mol. The lowest BCUT2D eigenvalue weighted by Crippen LogP contribution is -2.41. The maximum Gasteiger partial charge on any atom is 0.228 e. The minimum absolute atomic E-state index is 0.0305. The molecule has 3 rings (SSSR count). The summed E-state index contributed by atoms with van der Waals surface area (Å²) in [6.45, 7) is 2.29. The monoisotopic (exact) mass is 260 g/mol. The zero-order valence-corrected chi connectivity index (χ0v) is 11.0. The van der Waals surface area contributed by atoms with Crippen LogP contribution in [0.2, 0.25) is 0 Å². The van der Waals surface area contributed by atoms with E-state index in [0.717, 1.165) is 24.9 Å². The van der Waals surface area contributed by atoms with Crippen LogP contribution in [0.3, 0.4) is 0 Å². The van der Waals surface area contributed by atoms with Gasteiger partial charge >= 0.3 is 0 Å². The summed E-state index contributed by atoms with van der Waals surface area (Å²) in [6, 6.07) is 8.10. The molecule has 1 aromatic carbocycles. The SMILES string of the molecule is O=C(NCC1(CO)CC1)C1CNCc2ccccc21. The maximum absolute atomic E-state index is 12.3. The number of aliphatic hydroxyl groups is 1. The Bertz CT molecular complexity index is 483. The van der Waals surface area contributed by atoms with Gasteiger partial charge < -0.3 is 15.7 Å². The molecule has 1 aliphatic carbocycles. The van der Waals surface area contributed by atoms with E-state index in [1.54, 1.807) is 0 Å². The number of rotatable bonds is 4. The van der Waals surface area contributed by atoms with Crippen LogP contribution in [0.15, 0.2) is 24.3 Å². The predicted octanol–water partition coefficient (Wildman–Crippen LogP) is 0.762. The summed E-state index contributed by atoms with van der Waals surface area (Å²) < 4.78 is 0. The second-order valence-corrected chi connectivity index (χ2v) is 5.76. The van der Waals surface area contributed by atoms with E-state index in [2.05, 4.69) is 16.7 Å². The Balaban J connectivity index is 1.67. The quantitative estimate of drug-likeness (QED) is 0.749. The first-order chi connectivity index (χ1) is 9.24. The van der Waals surface area contributed by atoms with E-state index in [-0.39, 0.29) is 23.8 Å². The van der Waals surface area contributed by atoms with Crippen molar-refractivity contribution in [2.75, 3.05) is 19.7 Å². The molecule has 0 radical (unpaired) electrons. The van der Waals surface area contributed by atoms with Crippen LogP contribution in [0, 0.1) is 5.41 Å². The molecule has 1 unspecified atom stereocenters. The van der Waals surface area contributed by atoms with Crippen molar-refractivity contribution in [3.63, 3.8) is 0 Å². The zero-order valence-electron chi connectivity index (χ0n) is 11.0. The number of nitrogens with one attached hydrogen (secondary N) is 2. The van der Waals surface area contributed by atoms with Crippen LogP contribution in [-0.2, 0) is 11.3 Å². The van der Waals surface area contributed by atoms with Gasteiger partial charge in [-0.1, -0.05) is 24.3 Å². The molecule has 0 spiro atoms. The smallest absolute Gasteiger partial charge is 0.228 e. The van der Waals surface area contributed by atoms with Crippen molar-refractivity contribution in [3.8, 4) is 0 Å². The Kier molecular flexibility index (Phi) is 3.29. The Hall–Kier alpha value is -1.39. The molecule has 0 aromatic heterocycles. The first kappa shape index (κ1) is 12.6. The molecule has 2 aliphatic rings. The van der Waals surface area contributed by atoms with Crippen molar-refractivity contribution in [2.45, 2.75) is 25.3 Å². The van der Waals surface area contributed by atoms with Crippen LogP contribution < -0.4 is 10.6 Å². The van der Waals surface area contributed by atoms with E-state index >= 15 is 0 Å². The van der Waals surface area contributed by atoms with Crippen LogP contribution >= 0.6 is 0 Å². The fraction of sp³-hybridized carbons (Fsp3) is 0.533. The normalized spacial score (nSPS) is 23.5. The number of hydrogen-bond donors (Lipinski definition) is 3. The third-order valence-electron chi connectivity index (χ3n) is 4.34. The third-order valence-corrected chi connectivity index (χ3v) is 4.34. The van der Waals surface area contributed by atoms with Crippen molar-refractivity contribution in [2.24, 2.45) is 5.41 Å². The van der Waals surface area contributed by atoms with Crippen molar-refractivity contribution in [3.05, 3.63) is 35.4 Å². The van der Waals surface area contributed by atoms with E-state index in [1.807, 2.05) is 18.2 Å².